The van der Waals surface area contributed by atoms with Gasteiger partial charge in [-0.25, -0.2) is 9.98 Å². The van der Waals surface area contributed by atoms with Gasteiger partial charge >= 0.3 is 0 Å². The fourth-order valence-electron chi connectivity index (χ4n) is 0.756. The van der Waals surface area contributed by atoms with Gasteiger partial charge in [-0.05, 0) is 0 Å². The molecule has 2 aliphatic rings. The van der Waals surface area contributed by atoms with Crippen LogP contribution in [0.3, 0.4) is 0 Å². The fourth-order valence-corrected chi connectivity index (χ4v) is 0.961. The first kappa shape index (κ1) is 5.73. The van der Waals surface area contributed by atoms with E-state index in [1.54, 1.807) is 6.20 Å². The van der Waals surface area contributed by atoms with E-state index in [0.29, 0.717) is 5.84 Å². The molecule has 0 N–H and O–H groups in total. The smallest absolute Gasteiger partial charge is 0.184 e. The van der Waals surface area contributed by atoms with E-state index in [1.165, 1.54) is 6.34 Å². The monoisotopic (exact) mass is 154 g/mol. The molecule has 50 valence electrons. The number of fused-ring (bicyclic) bond motifs is 1. The molecule has 0 aromatic rings. The molecule has 0 radical (unpaired) electrons. The molecular weight excluding hydrogens is 152 g/mol. The van der Waals surface area contributed by atoms with Crippen molar-refractivity contribution in [1.29, 1.82) is 0 Å². The van der Waals surface area contributed by atoms with Crippen molar-refractivity contribution in [1.82, 2.24) is 0 Å². The van der Waals surface area contributed by atoms with Gasteiger partial charge in [0.1, 0.15) is 6.34 Å². The summed E-state index contributed by atoms with van der Waals surface area (Å²) in [6.45, 7) is 0. The highest BCUT2D eigenvalue weighted by Crippen LogP contribution is 2.20. The summed E-state index contributed by atoms with van der Waals surface area (Å²) in [5.41, 5.74) is 0.423. The number of nitrogens with zero attached hydrogens (tertiary/aromatic N) is 4. The second kappa shape index (κ2) is 1.98. The molecule has 0 saturated heterocycles. The second-order valence-corrected chi connectivity index (χ2v) is 2.27. The predicted molar refractivity (Wildman–Crippen MR) is 38.5 cm³/mol. The van der Waals surface area contributed by atoms with Crippen molar-refractivity contribution in [2.24, 2.45) is 20.2 Å². The van der Waals surface area contributed by atoms with Crippen molar-refractivity contribution in [3.8, 4) is 0 Å². The third-order valence-electron chi connectivity index (χ3n) is 1.24. The molecule has 0 fully saturated rings. The van der Waals surface area contributed by atoms with E-state index in [-0.39, 0.29) is 5.50 Å². The van der Waals surface area contributed by atoms with E-state index in [0.717, 1.165) is 5.57 Å². The Morgan fingerprint density at radius 3 is 3.20 bits per heavy atom. The van der Waals surface area contributed by atoms with Crippen molar-refractivity contribution < 1.29 is 0 Å². The number of hydrogen-bond acceptors (Lipinski definition) is 4. The van der Waals surface area contributed by atoms with Gasteiger partial charge in [-0.2, -0.15) is 5.11 Å². The van der Waals surface area contributed by atoms with Crippen LogP contribution in [-0.4, -0.2) is 17.7 Å². The number of aliphatic imine (C=N–C) groups is 2. The molecule has 1 atom stereocenters. The maximum atomic E-state index is 5.75. The maximum absolute atomic E-state index is 5.75. The van der Waals surface area contributed by atoms with E-state index < -0.39 is 0 Å². The van der Waals surface area contributed by atoms with Gasteiger partial charge in [0.25, 0.3) is 0 Å². The molecule has 2 aliphatic heterocycles. The van der Waals surface area contributed by atoms with Crippen LogP contribution in [0.4, 0.5) is 0 Å². The predicted octanol–water partition coefficient (Wildman–Crippen LogP) is 1.34. The highest BCUT2D eigenvalue weighted by Gasteiger charge is 2.21. The van der Waals surface area contributed by atoms with E-state index in [2.05, 4.69) is 20.2 Å². The van der Waals surface area contributed by atoms with Gasteiger partial charge in [-0.15, -0.1) is 5.11 Å². The highest BCUT2D eigenvalue weighted by molar-refractivity contribution is 6.27. The number of alkyl halides is 1. The van der Waals surface area contributed by atoms with Crippen molar-refractivity contribution >= 4 is 23.8 Å². The van der Waals surface area contributed by atoms with E-state index in [1.807, 2.05) is 0 Å². The minimum atomic E-state index is -0.359. The third-order valence-corrected chi connectivity index (χ3v) is 1.59. The maximum Gasteiger partial charge on any atom is 0.184 e. The molecule has 10 heavy (non-hydrogen) atoms. The van der Waals surface area contributed by atoms with Gasteiger partial charge < -0.3 is 0 Å². The van der Waals surface area contributed by atoms with Gasteiger partial charge in [0.05, 0.1) is 11.8 Å². The molecule has 2 rings (SSSR count). The first-order valence-corrected chi connectivity index (χ1v) is 3.16. The SMILES string of the molecule is ClC1N=CN=C2N=NC=C21. The van der Waals surface area contributed by atoms with Gasteiger partial charge in [0.2, 0.25) is 0 Å². The normalized spacial score (nSPS) is 27.9. The Bertz CT molecular complexity index is 275. The van der Waals surface area contributed by atoms with Crippen LogP contribution in [0.2, 0.25) is 0 Å². The summed E-state index contributed by atoms with van der Waals surface area (Å²) in [4.78, 5) is 7.69. The zero-order valence-electron chi connectivity index (χ0n) is 4.90. The second-order valence-electron chi connectivity index (χ2n) is 1.85. The highest BCUT2D eigenvalue weighted by atomic mass is 35.5. The standard InChI is InChI=1S/C5H3ClN4/c6-4-3-1-9-10-5(3)8-2-7-4/h1-2,4H. The number of amidine groups is 1. The molecule has 4 nitrogen and oxygen atoms in total. The van der Waals surface area contributed by atoms with E-state index in [9.17, 15) is 0 Å². The van der Waals surface area contributed by atoms with Crippen molar-refractivity contribution in [3.63, 3.8) is 0 Å². The molecule has 0 aromatic heterocycles. The summed E-state index contributed by atoms with van der Waals surface area (Å²) >= 11 is 5.75. The Hall–Kier alpha value is -1.03. The van der Waals surface area contributed by atoms with Crippen LogP contribution in [0.1, 0.15) is 0 Å². The fraction of sp³-hybridized carbons (Fsp3) is 0.200. The first-order valence-electron chi connectivity index (χ1n) is 2.73. The lowest BCUT2D eigenvalue weighted by Crippen LogP contribution is -2.11. The summed E-state index contributed by atoms with van der Waals surface area (Å²) in [6, 6.07) is 0. The summed E-state index contributed by atoms with van der Waals surface area (Å²) < 4.78 is 0. The molecule has 0 saturated carbocycles. The van der Waals surface area contributed by atoms with Gasteiger partial charge in [0.15, 0.2) is 11.3 Å². The van der Waals surface area contributed by atoms with E-state index >= 15 is 0 Å². The zero-order valence-corrected chi connectivity index (χ0v) is 5.65. The number of hydrogen-bond donors (Lipinski definition) is 0. The van der Waals surface area contributed by atoms with Crippen LogP contribution in [0.15, 0.2) is 32.0 Å². The van der Waals surface area contributed by atoms with Crippen molar-refractivity contribution in [2.75, 3.05) is 0 Å². The largest absolute Gasteiger partial charge is 0.249 e. The summed E-state index contributed by atoms with van der Waals surface area (Å²) in [5, 5.41) is 7.36. The minimum Gasteiger partial charge on any atom is -0.249 e. The average molecular weight is 155 g/mol. The third kappa shape index (κ3) is 0.690. The molecule has 0 aliphatic carbocycles. The van der Waals surface area contributed by atoms with E-state index in [4.69, 9.17) is 11.6 Å². The Morgan fingerprint density at radius 2 is 2.40 bits per heavy atom. The Morgan fingerprint density at radius 1 is 1.50 bits per heavy atom. The van der Waals surface area contributed by atoms with Crippen LogP contribution in [0.5, 0.6) is 0 Å². The van der Waals surface area contributed by atoms with Crippen LogP contribution in [-0.2, 0) is 0 Å². The van der Waals surface area contributed by atoms with Gasteiger partial charge in [-0.3, -0.25) is 0 Å². The number of halogens is 1. The van der Waals surface area contributed by atoms with Crippen LogP contribution in [0, 0.1) is 0 Å². The molecule has 2 heterocycles. The van der Waals surface area contributed by atoms with Crippen LogP contribution < -0.4 is 0 Å². The van der Waals surface area contributed by atoms with Crippen LogP contribution in [0.25, 0.3) is 0 Å². The lowest BCUT2D eigenvalue weighted by atomic mass is 10.2. The molecule has 0 amide bonds. The molecule has 1 unspecified atom stereocenters. The summed E-state index contributed by atoms with van der Waals surface area (Å²) in [5.74, 6) is 0.579. The van der Waals surface area contributed by atoms with Gasteiger partial charge in [-0.1, -0.05) is 11.6 Å². The molecule has 5 heteroatoms. The Balaban J connectivity index is 2.45. The quantitative estimate of drug-likeness (QED) is 0.374. The first-order chi connectivity index (χ1) is 4.88. The van der Waals surface area contributed by atoms with Gasteiger partial charge in [0, 0.05) is 0 Å². The lowest BCUT2D eigenvalue weighted by Gasteiger charge is -2.06. The lowest BCUT2D eigenvalue weighted by molar-refractivity contribution is 1.09. The molecule has 0 spiro atoms. The summed E-state index contributed by atoms with van der Waals surface area (Å²) in [7, 11) is 0. The topological polar surface area (TPSA) is 49.4 Å². The molecule has 0 bridgehead atoms. The summed E-state index contributed by atoms with van der Waals surface area (Å²) in [6.07, 6.45) is 2.97. The molecule has 0 aromatic carbocycles. The molecular formula is C5H3ClN4. The van der Waals surface area contributed by atoms with Crippen LogP contribution >= 0.6 is 11.6 Å². The number of rotatable bonds is 0. The zero-order chi connectivity index (χ0) is 6.97. The Labute approximate surface area is 62.0 Å². The average Bonchev–Trinajstić information content (AvgIpc) is 2.36. The number of azo groups is 1. The minimum absolute atomic E-state index is 0.359. The Kier molecular flexibility index (Phi) is 1.14. The van der Waals surface area contributed by atoms with Crippen molar-refractivity contribution in [2.45, 2.75) is 5.50 Å². The van der Waals surface area contributed by atoms with Crippen molar-refractivity contribution in [3.05, 3.63) is 11.8 Å².